The predicted octanol–water partition coefficient (Wildman–Crippen LogP) is 0.308. The SMILES string of the molecule is CC(C)(C)NC(=O)CNC(=O)c1ccncc1N. The second-order valence-electron chi connectivity index (χ2n) is 4.94. The van der Waals surface area contributed by atoms with Crippen molar-refractivity contribution in [3.63, 3.8) is 0 Å². The van der Waals surface area contributed by atoms with Crippen molar-refractivity contribution in [1.82, 2.24) is 15.6 Å². The lowest BCUT2D eigenvalue weighted by molar-refractivity contribution is -0.121. The maximum absolute atomic E-state index is 11.7. The van der Waals surface area contributed by atoms with Gasteiger partial charge in [0.25, 0.3) is 5.91 Å². The molecule has 0 aliphatic rings. The molecular weight excluding hydrogens is 232 g/mol. The van der Waals surface area contributed by atoms with Gasteiger partial charge in [0.1, 0.15) is 0 Å². The summed E-state index contributed by atoms with van der Waals surface area (Å²) in [5.74, 6) is -0.637. The fourth-order valence-electron chi connectivity index (χ4n) is 1.33. The highest BCUT2D eigenvalue weighted by atomic mass is 16.2. The first-order chi connectivity index (χ1) is 8.29. The molecule has 0 radical (unpaired) electrons. The topological polar surface area (TPSA) is 97.1 Å². The van der Waals surface area contributed by atoms with Gasteiger partial charge in [-0.1, -0.05) is 0 Å². The van der Waals surface area contributed by atoms with Crippen LogP contribution >= 0.6 is 0 Å². The van der Waals surface area contributed by atoms with E-state index in [0.717, 1.165) is 0 Å². The van der Waals surface area contributed by atoms with Crippen LogP contribution in [0.15, 0.2) is 18.5 Å². The number of nitrogens with two attached hydrogens (primary N) is 1. The van der Waals surface area contributed by atoms with Gasteiger partial charge in [0, 0.05) is 11.7 Å². The van der Waals surface area contributed by atoms with Gasteiger partial charge in [-0.15, -0.1) is 0 Å². The highest BCUT2D eigenvalue weighted by Crippen LogP contribution is 2.07. The first-order valence-corrected chi connectivity index (χ1v) is 5.58. The van der Waals surface area contributed by atoms with Gasteiger partial charge >= 0.3 is 0 Å². The zero-order valence-corrected chi connectivity index (χ0v) is 10.8. The Morgan fingerprint density at radius 3 is 2.61 bits per heavy atom. The number of hydrogen-bond donors (Lipinski definition) is 3. The Bertz CT molecular complexity index is 452. The molecule has 1 heterocycles. The molecule has 0 spiro atoms. The Kier molecular flexibility index (Phi) is 4.25. The van der Waals surface area contributed by atoms with Crippen molar-refractivity contribution < 1.29 is 9.59 Å². The Labute approximate surface area is 106 Å². The monoisotopic (exact) mass is 250 g/mol. The molecule has 1 rings (SSSR count). The van der Waals surface area contributed by atoms with Crippen molar-refractivity contribution in [3.8, 4) is 0 Å². The van der Waals surface area contributed by atoms with Gasteiger partial charge in [-0.3, -0.25) is 14.6 Å². The number of nitrogens with zero attached hydrogens (tertiary/aromatic N) is 1. The standard InChI is InChI=1S/C12H18N4O2/c1-12(2,3)16-10(17)7-15-11(18)8-4-5-14-6-9(8)13/h4-6H,7,13H2,1-3H3,(H,15,18)(H,16,17). The fourth-order valence-corrected chi connectivity index (χ4v) is 1.33. The normalized spacial score (nSPS) is 10.8. The minimum atomic E-state index is -0.390. The summed E-state index contributed by atoms with van der Waals surface area (Å²) in [4.78, 5) is 27.0. The van der Waals surface area contributed by atoms with Gasteiger partial charge < -0.3 is 16.4 Å². The van der Waals surface area contributed by atoms with E-state index in [-0.39, 0.29) is 29.6 Å². The number of aromatic nitrogens is 1. The smallest absolute Gasteiger partial charge is 0.253 e. The molecule has 0 unspecified atom stereocenters. The van der Waals surface area contributed by atoms with Crippen molar-refractivity contribution in [1.29, 1.82) is 0 Å². The number of hydrogen-bond acceptors (Lipinski definition) is 4. The highest BCUT2D eigenvalue weighted by molar-refractivity contribution is 6.00. The molecule has 98 valence electrons. The van der Waals surface area contributed by atoms with E-state index < -0.39 is 0 Å². The molecule has 6 heteroatoms. The number of rotatable bonds is 3. The van der Waals surface area contributed by atoms with E-state index in [2.05, 4.69) is 15.6 Å². The number of amides is 2. The van der Waals surface area contributed by atoms with E-state index >= 15 is 0 Å². The van der Waals surface area contributed by atoms with Crippen molar-refractivity contribution in [3.05, 3.63) is 24.0 Å². The molecule has 18 heavy (non-hydrogen) atoms. The third-order valence-corrected chi connectivity index (χ3v) is 2.02. The summed E-state index contributed by atoms with van der Waals surface area (Å²) < 4.78 is 0. The summed E-state index contributed by atoms with van der Waals surface area (Å²) in [6.45, 7) is 5.52. The summed E-state index contributed by atoms with van der Waals surface area (Å²) in [6.07, 6.45) is 2.87. The largest absolute Gasteiger partial charge is 0.397 e. The van der Waals surface area contributed by atoms with Crippen LogP contribution in [-0.2, 0) is 4.79 Å². The Balaban J connectivity index is 2.52. The molecule has 1 aromatic heterocycles. The molecule has 4 N–H and O–H groups in total. The first-order valence-electron chi connectivity index (χ1n) is 5.58. The van der Waals surface area contributed by atoms with Gasteiger partial charge in [0.2, 0.25) is 5.91 Å². The molecule has 0 saturated carbocycles. The van der Waals surface area contributed by atoms with E-state index in [9.17, 15) is 9.59 Å². The molecule has 0 aliphatic carbocycles. The Morgan fingerprint density at radius 2 is 2.06 bits per heavy atom. The Morgan fingerprint density at radius 1 is 1.39 bits per heavy atom. The fraction of sp³-hybridized carbons (Fsp3) is 0.417. The summed E-state index contributed by atoms with van der Waals surface area (Å²) in [7, 11) is 0. The van der Waals surface area contributed by atoms with Gasteiger partial charge in [0.15, 0.2) is 0 Å². The molecule has 2 amide bonds. The quantitative estimate of drug-likeness (QED) is 0.719. The summed E-state index contributed by atoms with van der Waals surface area (Å²) >= 11 is 0. The van der Waals surface area contributed by atoms with Crippen molar-refractivity contribution >= 4 is 17.5 Å². The number of pyridine rings is 1. The van der Waals surface area contributed by atoms with Gasteiger partial charge in [-0.2, -0.15) is 0 Å². The number of nitrogens with one attached hydrogen (secondary N) is 2. The predicted molar refractivity (Wildman–Crippen MR) is 68.9 cm³/mol. The molecule has 0 aromatic carbocycles. The minimum Gasteiger partial charge on any atom is -0.397 e. The summed E-state index contributed by atoms with van der Waals surface area (Å²) in [5.41, 5.74) is 5.88. The van der Waals surface area contributed by atoms with Gasteiger partial charge in [-0.25, -0.2) is 0 Å². The highest BCUT2D eigenvalue weighted by Gasteiger charge is 2.15. The third-order valence-electron chi connectivity index (χ3n) is 2.02. The van der Waals surface area contributed by atoms with Crippen LogP contribution in [0.1, 0.15) is 31.1 Å². The lowest BCUT2D eigenvalue weighted by atomic mass is 10.1. The maximum Gasteiger partial charge on any atom is 0.253 e. The molecule has 6 nitrogen and oxygen atoms in total. The van der Waals surface area contributed by atoms with Crippen LogP contribution in [0.4, 0.5) is 5.69 Å². The number of carbonyl (C=O) groups excluding carboxylic acids is 2. The van der Waals surface area contributed by atoms with Crippen LogP contribution in [0.5, 0.6) is 0 Å². The van der Waals surface area contributed by atoms with Crippen molar-refractivity contribution in [2.24, 2.45) is 0 Å². The van der Waals surface area contributed by atoms with Crippen LogP contribution in [0.3, 0.4) is 0 Å². The van der Waals surface area contributed by atoms with Gasteiger partial charge in [-0.05, 0) is 26.8 Å². The first kappa shape index (κ1) is 14.0. The minimum absolute atomic E-state index is 0.0855. The average molecular weight is 250 g/mol. The molecule has 1 aromatic rings. The van der Waals surface area contributed by atoms with Crippen LogP contribution < -0.4 is 16.4 Å². The van der Waals surface area contributed by atoms with E-state index in [1.807, 2.05) is 20.8 Å². The van der Waals surface area contributed by atoms with Gasteiger partial charge in [0.05, 0.1) is 24.0 Å². The summed E-state index contributed by atoms with van der Waals surface area (Å²) in [6, 6.07) is 1.51. The number of anilines is 1. The number of carbonyl (C=O) groups is 2. The molecule has 0 aliphatic heterocycles. The van der Waals surface area contributed by atoms with E-state index in [1.165, 1.54) is 18.5 Å². The third kappa shape index (κ3) is 4.40. The van der Waals surface area contributed by atoms with Crippen LogP contribution in [0.25, 0.3) is 0 Å². The average Bonchev–Trinajstić information content (AvgIpc) is 2.24. The molecule has 0 atom stereocenters. The zero-order valence-electron chi connectivity index (χ0n) is 10.8. The van der Waals surface area contributed by atoms with Crippen LogP contribution in [-0.4, -0.2) is 28.9 Å². The molecule has 0 fully saturated rings. The second-order valence-corrected chi connectivity index (χ2v) is 4.94. The zero-order chi connectivity index (χ0) is 13.8. The van der Waals surface area contributed by atoms with Crippen LogP contribution in [0, 0.1) is 0 Å². The summed E-state index contributed by atoms with van der Waals surface area (Å²) in [5, 5.41) is 5.25. The molecule has 0 saturated heterocycles. The molecular formula is C12H18N4O2. The van der Waals surface area contributed by atoms with E-state index in [1.54, 1.807) is 0 Å². The lowest BCUT2D eigenvalue weighted by Crippen LogP contribution is -2.45. The van der Waals surface area contributed by atoms with Crippen molar-refractivity contribution in [2.75, 3.05) is 12.3 Å². The van der Waals surface area contributed by atoms with Crippen LogP contribution in [0.2, 0.25) is 0 Å². The maximum atomic E-state index is 11.7. The molecule has 0 bridgehead atoms. The van der Waals surface area contributed by atoms with E-state index in [0.29, 0.717) is 5.56 Å². The van der Waals surface area contributed by atoms with Crippen molar-refractivity contribution in [2.45, 2.75) is 26.3 Å². The van der Waals surface area contributed by atoms with E-state index in [4.69, 9.17) is 5.73 Å². The second kappa shape index (κ2) is 5.48. The Hall–Kier alpha value is -2.11. The number of nitrogen functional groups attached to an aromatic ring is 1. The lowest BCUT2D eigenvalue weighted by Gasteiger charge is -2.20.